The van der Waals surface area contributed by atoms with Gasteiger partial charge >= 0.3 is 0 Å². The van der Waals surface area contributed by atoms with Gasteiger partial charge in [0.15, 0.2) is 11.6 Å². The molecule has 0 heterocycles. The lowest BCUT2D eigenvalue weighted by Gasteiger charge is -2.09. The molecule has 0 fully saturated rings. The third kappa shape index (κ3) is 3.39. The van der Waals surface area contributed by atoms with Gasteiger partial charge in [0, 0.05) is 16.7 Å². The fourth-order valence-corrected chi connectivity index (χ4v) is 2.45. The molecule has 3 nitrogen and oxygen atoms in total. The normalized spacial score (nSPS) is 11.4. The minimum absolute atomic E-state index is 0.0150. The first-order chi connectivity index (χ1) is 9.27. The van der Waals surface area contributed by atoms with Gasteiger partial charge in [0.1, 0.15) is 11.6 Å². The molecule has 106 valence electrons. The topological polar surface area (TPSA) is 43.4 Å². The molecule has 0 aromatic heterocycles. The molecule has 20 heavy (non-hydrogen) atoms. The summed E-state index contributed by atoms with van der Waals surface area (Å²) in [7, 11) is 1.24. The minimum Gasteiger partial charge on any atom is -0.453 e. The van der Waals surface area contributed by atoms with E-state index < -0.39 is 20.7 Å². The SMILES string of the molecule is O=S(=O)(Cl)c1ccc(Oc2ccc(F)cc2F)c(Cl)c1. The average molecular weight is 339 g/mol. The van der Waals surface area contributed by atoms with Gasteiger partial charge in [-0.15, -0.1) is 0 Å². The molecule has 0 spiro atoms. The zero-order valence-corrected chi connectivity index (χ0v) is 11.9. The lowest BCUT2D eigenvalue weighted by Crippen LogP contribution is -1.93. The molecule has 0 saturated carbocycles. The number of hydrogen-bond acceptors (Lipinski definition) is 3. The van der Waals surface area contributed by atoms with Crippen LogP contribution in [0.4, 0.5) is 8.78 Å². The van der Waals surface area contributed by atoms with Crippen molar-refractivity contribution in [2.45, 2.75) is 4.90 Å². The second kappa shape index (κ2) is 5.55. The molecule has 2 rings (SSSR count). The van der Waals surface area contributed by atoms with Crippen molar-refractivity contribution < 1.29 is 21.9 Å². The maximum absolute atomic E-state index is 13.4. The largest absolute Gasteiger partial charge is 0.453 e. The second-order valence-electron chi connectivity index (χ2n) is 3.71. The van der Waals surface area contributed by atoms with E-state index in [9.17, 15) is 17.2 Å². The highest BCUT2D eigenvalue weighted by atomic mass is 35.7. The zero-order chi connectivity index (χ0) is 14.9. The predicted octanol–water partition coefficient (Wildman–Crippen LogP) is 4.34. The highest BCUT2D eigenvalue weighted by molar-refractivity contribution is 8.13. The van der Waals surface area contributed by atoms with Crippen LogP contribution in [0, 0.1) is 11.6 Å². The van der Waals surface area contributed by atoms with Gasteiger partial charge in [0.25, 0.3) is 9.05 Å². The van der Waals surface area contributed by atoms with Crippen molar-refractivity contribution in [3.05, 3.63) is 53.1 Å². The summed E-state index contributed by atoms with van der Waals surface area (Å²) in [5.74, 6) is -1.88. The van der Waals surface area contributed by atoms with E-state index in [1.54, 1.807) is 0 Å². The van der Waals surface area contributed by atoms with Crippen LogP contribution in [0.2, 0.25) is 5.02 Å². The Morgan fingerprint density at radius 1 is 1.00 bits per heavy atom. The van der Waals surface area contributed by atoms with Crippen LogP contribution in [0.5, 0.6) is 11.5 Å². The van der Waals surface area contributed by atoms with Crippen molar-refractivity contribution in [2.75, 3.05) is 0 Å². The Balaban J connectivity index is 2.35. The first-order valence-corrected chi connectivity index (χ1v) is 7.83. The van der Waals surface area contributed by atoms with E-state index in [1.165, 1.54) is 6.07 Å². The number of halogens is 4. The molecule has 0 bridgehead atoms. The molecule has 2 aromatic carbocycles. The summed E-state index contributed by atoms with van der Waals surface area (Å²) in [6.07, 6.45) is 0. The van der Waals surface area contributed by atoms with Crippen LogP contribution in [-0.4, -0.2) is 8.42 Å². The van der Waals surface area contributed by atoms with Gasteiger partial charge in [-0.2, -0.15) is 0 Å². The lowest BCUT2D eigenvalue weighted by molar-refractivity contribution is 0.437. The second-order valence-corrected chi connectivity index (χ2v) is 6.68. The Hall–Kier alpha value is -1.37. The quantitative estimate of drug-likeness (QED) is 0.782. The van der Waals surface area contributed by atoms with Crippen molar-refractivity contribution in [1.82, 2.24) is 0 Å². The molecular weight excluding hydrogens is 333 g/mol. The van der Waals surface area contributed by atoms with E-state index in [0.717, 1.165) is 24.3 Å². The lowest BCUT2D eigenvalue weighted by atomic mass is 10.3. The van der Waals surface area contributed by atoms with Crippen molar-refractivity contribution in [2.24, 2.45) is 0 Å². The van der Waals surface area contributed by atoms with Crippen LogP contribution in [-0.2, 0) is 9.05 Å². The minimum atomic E-state index is -3.92. The summed E-state index contributed by atoms with van der Waals surface area (Å²) in [6.45, 7) is 0. The summed E-state index contributed by atoms with van der Waals surface area (Å²) in [5.41, 5.74) is 0. The molecule has 8 heteroatoms. The third-order valence-corrected chi connectivity index (χ3v) is 3.95. The summed E-state index contributed by atoms with van der Waals surface area (Å²) >= 11 is 5.82. The smallest absolute Gasteiger partial charge is 0.261 e. The van der Waals surface area contributed by atoms with E-state index >= 15 is 0 Å². The monoisotopic (exact) mass is 338 g/mol. The van der Waals surface area contributed by atoms with Gasteiger partial charge in [0.05, 0.1) is 9.92 Å². The molecular formula is C12H6Cl2F2O3S. The maximum Gasteiger partial charge on any atom is 0.261 e. The molecule has 0 aliphatic carbocycles. The molecule has 2 aromatic rings. The van der Waals surface area contributed by atoms with E-state index in [1.807, 2.05) is 0 Å². The molecule has 0 amide bonds. The fourth-order valence-electron chi connectivity index (χ4n) is 1.39. The van der Waals surface area contributed by atoms with Crippen LogP contribution in [0.15, 0.2) is 41.3 Å². The third-order valence-electron chi connectivity index (χ3n) is 2.30. The number of hydrogen-bond donors (Lipinski definition) is 0. The Kier molecular flexibility index (Phi) is 4.17. The standard InChI is InChI=1S/C12H6Cl2F2O3S/c13-9-6-8(20(14,17)18)2-4-11(9)19-12-3-1-7(15)5-10(12)16/h1-6H. The van der Waals surface area contributed by atoms with Gasteiger partial charge < -0.3 is 4.74 Å². The van der Waals surface area contributed by atoms with Crippen LogP contribution < -0.4 is 4.74 Å². The van der Waals surface area contributed by atoms with Crippen molar-refractivity contribution in [3.8, 4) is 11.5 Å². The number of ether oxygens (including phenoxy) is 1. The first-order valence-electron chi connectivity index (χ1n) is 5.14. The molecule has 0 N–H and O–H groups in total. The summed E-state index contributed by atoms with van der Waals surface area (Å²) < 4.78 is 53.5. The van der Waals surface area contributed by atoms with Crippen LogP contribution >= 0.6 is 22.3 Å². The van der Waals surface area contributed by atoms with Crippen LogP contribution in [0.3, 0.4) is 0 Å². The van der Waals surface area contributed by atoms with E-state index in [4.69, 9.17) is 27.0 Å². The van der Waals surface area contributed by atoms with Crippen molar-refractivity contribution in [1.29, 1.82) is 0 Å². The van der Waals surface area contributed by atoms with Crippen molar-refractivity contribution >= 4 is 31.3 Å². The van der Waals surface area contributed by atoms with Gasteiger partial charge in [0.2, 0.25) is 0 Å². The van der Waals surface area contributed by atoms with E-state index in [2.05, 4.69) is 0 Å². The Morgan fingerprint density at radius 2 is 1.65 bits per heavy atom. The first kappa shape index (κ1) is 15.0. The predicted molar refractivity (Wildman–Crippen MR) is 70.9 cm³/mol. The van der Waals surface area contributed by atoms with E-state index in [0.29, 0.717) is 6.07 Å². The Morgan fingerprint density at radius 3 is 2.20 bits per heavy atom. The summed E-state index contributed by atoms with van der Waals surface area (Å²) in [6, 6.07) is 6.21. The summed E-state index contributed by atoms with van der Waals surface area (Å²) in [5, 5.41) is -0.0737. The van der Waals surface area contributed by atoms with Gasteiger partial charge in [-0.1, -0.05) is 11.6 Å². The molecule has 0 saturated heterocycles. The summed E-state index contributed by atoms with van der Waals surface area (Å²) in [4.78, 5) is -0.212. The molecule has 0 aliphatic rings. The van der Waals surface area contributed by atoms with Gasteiger partial charge in [-0.3, -0.25) is 0 Å². The van der Waals surface area contributed by atoms with Crippen LogP contribution in [0.1, 0.15) is 0 Å². The number of benzene rings is 2. The molecule has 0 radical (unpaired) electrons. The molecule has 0 unspecified atom stereocenters. The Bertz CT molecular complexity index is 763. The Labute approximate surface area is 123 Å². The average Bonchev–Trinajstić information content (AvgIpc) is 2.33. The fraction of sp³-hybridized carbons (Fsp3) is 0. The zero-order valence-electron chi connectivity index (χ0n) is 9.61. The van der Waals surface area contributed by atoms with Gasteiger partial charge in [-0.05, 0) is 30.3 Å². The molecule has 0 aliphatic heterocycles. The highest BCUT2D eigenvalue weighted by Crippen LogP contribution is 2.33. The van der Waals surface area contributed by atoms with Crippen molar-refractivity contribution in [3.63, 3.8) is 0 Å². The van der Waals surface area contributed by atoms with Gasteiger partial charge in [-0.25, -0.2) is 17.2 Å². The van der Waals surface area contributed by atoms with E-state index in [-0.39, 0.29) is 21.4 Å². The maximum atomic E-state index is 13.4. The number of rotatable bonds is 3. The highest BCUT2D eigenvalue weighted by Gasteiger charge is 2.14. The molecule has 0 atom stereocenters. The van der Waals surface area contributed by atoms with Crippen LogP contribution in [0.25, 0.3) is 0 Å².